The molecule has 0 spiro atoms. The van der Waals surface area contributed by atoms with E-state index < -0.39 is 0 Å². The highest BCUT2D eigenvalue weighted by Crippen LogP contribution is 2.26. The van der Waals surface area contributed by atoms with E-state index in [1.165, 1.54) is 24.0 Å². The van der Waals surface area contributed by atoms with Gasteiger partial charge in [0, 0.05) is 4.47 Å². The molecular weight excluding hydrogens is 240 g/mol. The van der Waals surface area contributed by atoms with Gasteiger partial charge in [0.05, 0.1) is 13.4 Å². The predicted octanol–water partition coefficient (Wildman–Crippen LogP) is 4.07. The summed E-state index contributed by atoms with van der Waals surface area (Å²) in [4.78, 5) is 0. The van der Waals surface area contributed by atoms with E-state index in [2.05, 4.69) is 35.0 Å². The van der Waals surface area contributed by atoms with Crippen LogP contribution in [0.5, 0.6) is 0 Å². The van der Waals surface area contributed by atoms with Crippen molar-refractivity contribution in [2.24, 2.45) is 0 Å². The maximum atomic E-state index is 4.70. The van der Waals surface area contributed by atoms with Crippen molar-refractivity contribution in [1.82, 2.24) is 0 Å². The van der Waals surface area contributed by atoms with Crippen LogP contribution in [0.2, 0.25) is 0 Å². The van der Waals surface area contributed by atoms with E-state index in [1.54, 1.807) is 7.11 Å². The van der Waals surface area contributed by atoms with Crippen LogP contribution in [0.15, 0.2) is 40.6 Å². The number of ether oxygens (including phenoxy) is 1. The molecule has 0 radical (unpaired) electrons. The molecule has 0 aromatic heterocycles. The second-order valence-corrected chi connectivity index (χ2v) is 4.22. The van der Waals surface area contributed by atoms with Gasteiger partial charge in [-0.05, 0) is 37.5 Å². The third kappa shape index (κ3) is 5.07. The van der Waals surface area contributed by atoms with E-state index in [9.17, 15) is 0 Å². The molecule has 0 atom stereocenters. The summed E-state index contributed by atoms with van der Waals surface area (Å²) in [5.41, 5.74) is 2.74. The van der Waals surface area contributed by atoms with Crippen molar-refractivity contribution in [2.75, 3.05) is 7.11 Å². The van der Waals surface area contributed by atoms with E-state index in [1.807, 2.05) is 18.4 Å². The van der Waals surface area contributed by atoms with E-state index >= 15 is 0 Å². The van der Waals surface area contributed by atoms with Crippen LogP contribution in [0.4, 0.5) is 0 Å². The third-order valence-electron chi connectivity index (χ3n) is 1.83. The topological polar surface area (TPSA) is 9.23 Å². The molecule has 0 N–H and O–H groups in total. The molecule has 1 aromatic carbocycles. The van der Waals surface area contributed by atoms with Crippen molar-refractivity contribution in [2.45, 2.75) is 19.8 Å². The molecule has 1 saturated carbocycles. The standard InChI is InChI=1S/C7H7Br.C5H8O/c1-6-2-4-7(8)5-3-6;1-6-4-5-2-3-5/h2-5H,1H3;4H,2-3H2,1H3. The first-order valence-electron chi connectivity index (χ1n) is 4.65. The molecule has 0 unspecified atom stereocenters. The molecule has 0 aliphatic heterocycles. The summed E-state index contributed by atoms with van der Waals surface area (Å²) >= 11 is 3.35. The zero-order valence-corrected chi connectivity index (χ0v) is 10.2. The van der Waals surface area contributed by atoms with E-state index in [-0.39, 0.29) is 0 Å². The first kappa shape index (κ1) is 11.3. The second-order valence-electron chi connectivity index (χ2n) is 3.31. The highest BCUT2D eigenvalue weighted by atomic mass is 79.9. The summed E-state index contributed by atoms with van der Waals surface area (Å²) in [6.45, 7) is 2.08. The van der Waals surface area contributed by atoms with Gasteiger partial charge in [0.25, 0.3) is 0 Å². The Kier molecular flexibility index (Phi) is 4.74. The van der Waals surface area contributed by atoms with Crippen LogP contribution >= 0.6 is 15.9 Å². The van der Waals surface area contributed by atoms with Gasteiger partial charge in [-0.3, -0.25) is 0 Å². The van der Waals surface area contributed by atoms with E-state index in [4.69, 9.17) is 4.74 Å². The van der Waals surface area contributed by atoms with Gasteiger partial charge in [-0.1, -0.05) is 33.6 Å². The molecule has 1 aromatic rings. The number of hydrogen-bond donors (Lipinski definition) is 0. The Morgan fingerprint density at radius 2 is 1.79 bits per heavy atom. The second kappa shape index (κ2) is 5.86. The molecule has 0 bridgehead atoms. The van der Waals surface area contributed by atoms with Crippen molar-refractivity contribution < 1.29 is 4.74 Å². The average Bonchev–Trinajstić information content (AvgIpc) is 2.96. The Morgan fingerprint density at radius 3 is 2.07 bits per heavy atom. The monoisotopic (exact) mass is 254 g/mol. The summed E-state index contributed by atoms with van der Waals surface area (Å²) in [6, 6.07) is 8.22. The lowest BCUT2D eigenvalue weighted by atomic mass is 10.2. The molecule has 14 heavy (non-hydrogen) atoms. The van der Waals surface area contributed by atoms with E-state index in [0.717, 1.165) is 4.47 Å². The Morgan fingerprint density at radius 1 is 1.21 bits per heavy atom. The summed E-state index contributed by atoms with van der Waals surface area (Å²) in [7, 11) is 1.69. The largest absolute Gasteiger partial charge is 0.504 e. The highest BCUT2D eigenvalue weighted by molar-refractivity contribution is 9.10. The number of hydrogen-bond acceptors (Lipinski definition) is 1. The molecule has 1 aliphatic rings. The Balaban J connectivity index is 0.000000146. The van der Waals surface area contributed by atoms with Crippen LogP contribution in [0.1, 0.15) is 18.4 Å². The number of benzene rings is 1. The quantitative estimate of drug-likeness (QED) is 0.687. The molecule has 1 aliphatic carbocycles. The molecule has 2 rings (SSSR count). The number of aryl methyl sites for hydroxylation is 1. The van der Waals surface area contributed by atoms with Gasteiger partial charge < -0.3 is 4.74 Å². The minimum atomic E-state index is 1.14. The van der Waals surface area contributed by atoms with Crippen molar-refractivity contribution >= 4 is 15.9 Å². The summed E-state index contributed by atoms with van der Waals surface area (Å²) in [5, 5.41) is 0. The van der Waals surface area contributed by atoms with Crippen molar-refractivity contribution in [3.8, 4) is 0 Å². The number of halogens is 1. The molecule has 0 amide bonds. The lowest BCUT2D eigenvalue weighted by molar-refractivity contribution is 0.336. The molecule has 1 fully saturated rings. The lowest BCUT2D eigenvalue weighted by Crippen LogP contribution is -1.66. The molecule has 1 nitrogen and oxygen atoms in total. The Hall–Kier alpha value is -0.760. The Labute approximate surface area is 93.9 Å². The molecule has 2 heteroatoms. The van der Waals surface area contributed by atoms with Crippen molar-refractivity contribution in [3.05, 3.63) is 46.1 Å². The van der Waals surface area contributed by atoms with E-state index in [0.29, 0.717) is 0 Å². The van der Waals surface area contributed by atoms with Gasteiger partial charge in [-0.2, -0.15) is 0 Å². The summed E-state index contributed by atoms with van der Waals surface area (Å²) in [5.74, 6) is 0. The van der Waals surface area contributed by atoms with Crippen molar-refractivity contribution in [3.63, 3.8) is 0 Å². The third-order valence-corrected chi connectivity index (χ3v) is 2.36. The Bertz CT molecular complexity index is 274. The van der Waals surface area contributed by atoms with Gasteiger partial charge >= 0.3 is 0 Å². The molecular formula is C12H15BrO. The zero-order chi connectivity index (χ0) is 10.4. The van der Waals surface area contributed by atoms with Crippen LogP contribution in [-0.4, -0.2) is 7.11 Å². The molecule has 0 saturated heterocycles. The van der Waals surface area contributed by atoms with Crippen LogP contribution in [-0.2, 0) is 4.74 Å². The fraction of sp³-hybridized carbons (Fsp3) is 0.333. The maximum absolute atomic E-state index is 4.70. The summed E-state index contributed by atoms with van der Waals surface area (Å²) < 4.78 is 5.85. The minimum absolute atomic E-state index is 1.14. The molecule has 76 valence electrons. The maximum Gasteiger partial charge on any atom is 0.0816 e. The number of methoxy groups -OCH3 is 1. The first-order valence-corrected chi connectivity index (χ1v) is 5.44. The average molecular weight is 255 g/mol. The van der Waals surface area contributed by atoms with Crippen molar-refractivity contribution in [1.29, 1.82) is 0 Å². The molecule has 0 heterocycles. The first-order chi connectivity index (χ1) is 6.72. The van der Waals surface area contributed by atoms with Gasteiger partial charge in [-0.25, -0.2) is 0 Å². The van der Waals surface area contributed by atoms with Gasteiger partial charge in [0.1, 0.15) is 0 Å². The fourth-order valence-corrected chi connectivity index (χ4v) is 1.15. The normalized spacial score (nSPS) is 12.6. The van der Waals surface area contributed by atoms with Crippen LogP contribution in [0, 0.1) is 6.92 Å². The smallest absolute Gasteiger partial charge is 0.0816 e. The van der Waals surface area contributed by atoms with Gasteiger partial charge in [0.2, 0.25) is 0 Å². The highest BCUT2D eigenvalue weighted by Gasteiger charge is 2.09. The zero-order valence-electron chi connectivity index (χ0n) is 8.59. The van der Waals surface area contributed by atoms with Crippen LogP contribution in [0.25, 0.3) is 0 Å². The van der Waals surface area contributed by atoms with Gasteiger partial charge in [0.15, 0.2) is 0 Å². The van der Waals surface area contributed by atoms with Gasteiger partial charge in [-0.15, -0.1) is 0 Å². The number of allylic oxidation sites excluding steroid dienone is 1. The van der Waals surface area contributed by atoms with Crippen LogP contribution in [0.3, 0.4) is 0 Å². The predicted molar refractivity (Wildman–Crippen MR) is 63.2 cm³/mol. The van der Waals surface area contributed by atoms with Crippen LogP contribution < -0.4 is 0 Å². The summed E-state index contributed by atoms with van der Waals surface area (Å²) in [6.07, 6.45) is 4.33. The minimum Gasteiger partial charge on any atom is -0.504 e. The number of rotatable bonds is 1. The SMILES string of the molecule is COC=C1CC1.Cc1ccc(Br)cc1. The lowest BCUT2D eigenvalue weighted by Gasteiger charge is -1.88. The fourth-order valence-electron chi connectivity index (χ4n) is 0.890.